The summed E-state index contributed by atoms with van der Waals surface area (Å²) in [5, 5.41) is 0. The van der Waals surface area contributed by atoms with E-state index >= 15 is 0 Å². The summed E-state index contributed by atoms with van der Waals surface area (Å²) in [5.41, 5.74) is 1.32. The summed E-state index contributed by atoms with van der Waals surface area (Å²) in [4.78, 5) is 14.4. The van der Waals surface area contributed by atoms with Gasteiger partial charge in [-0.2, -0.15) is 0 Å². The van der Waals surface area contributed by atoms with Crippen LogP contribution in [-0.2, 0) is 10.3 Å². The summed E-state index contributed by atoms with van der Waals surface area (Å²) in [7, 11) is 0. The normalized spacial score (nSPS) is 22.5. The van der Waals surface area contributed by atoms with Gasteiger partial charge in [0.1, 0.15) is 5.60 Å². The lowest BCUT2D eigenvalue weighted by molar-refractivity contribution is -0.0555. The molecule has 1 heterocycles. The molecular formula is C21H25NO2. The van der Waals surface area contributed by atoms with Gasteiger partial charge < -0.3 is 9.64 Å². The summed E-state index contributed by atoms with van der Waals surface area (Å²) in [6, 6.07) is 9.79. The van der Waals surface area contributed by atoms with E-state index in [1.807, 2.05) is 49.4 Å². The minimum absolute atomic E-state index is 0.106. The molecule has 0 radical (unpaired) electrons. The minimum atomic E-state index is -0.632. The number of rotatable bonds is 7. The molecule has 126 valence electrons. The van der Waals surface area contributed by atoms with E-state index in [0.29, 0.717) is 13.0 Å². The van der Waals surface area contributed by atoms with Crippen LogP contribution >= 0.6 is 0 Å². The number of hydrogen-bond acceptors (Lipinski definition) is 2. The Morgan fingerprint density at radius 3 is 2.58 bits per heavy atom. The highest BCUT2D eigenvalue weighted by atomic mass is 16.6. The van der Waals surface area contributed by atoms with Crippen LogP contribution in [0.1, 0.15) is 25.3 Å². The average molecular weight is 323 g/mol. The Balaban J connectivity index is 2.26. The zero-order valence-corrected chi connectivity index (χ0v) is 14.3. The summed E-state index contributed by atoms with van der Waals surface area (Å²) in [6.07, 6.45) is 8.15. The van der Waals surface area contributed by atoms with Crippen molar-refractivity contribution in [3.8, 4) is 0 Å². The second-order valence-electron chi connectivity index (χ2n) is 5.95. The predicted molar refractivity (Wildman–Crippen MR) is 98.7 cm³/mol. The quantitative estimate of drug-likeness (QED) is 0.523. The van der Waals surface area contributed by atoms with Crippen LogP contribution in [0.25, 0.3) is 0 Å². The van der Waals surface area contributed by atoms with Crippen molar-refractivity contribution in [1.29, 1.82) is 0 Å². The van der Waals surface area contributed by atoms with Gasteiger partial charge in [-0.05, 0) is 18.1 Å². The van der Waals surface area contributed by atoms with Gasteiger partial charge in [0.25, 0.3) is 0 Å². The first-order valence-corrected chi connectivity index (χ1v) is 8.19. The first-order valence-electron chi connectivity index (χ1n) is 8.19. The topological polar surface area (TPSA) is 29.5 Å². The monoisotopic (exact) mass is 323 g/mol. The second-order valence-corrected chi connectivity index (χ2v) is 5.95. The first kappa shape index (κ1) is 17.8. The third-order valence-electron chi connectivity index (χ3n) is 4.54. The fraction of sp³-hybridized carbons (Fsp3) is 0.286. The highest BCUT2D eigenvalue weighted by molar-refractivity contribution is 5.70. The number of nitrogens with zero attached hydrogens (tertiary/aromatic N) is 1. The maximum Gasteiger partial charge on any atom is 0.411 e. The van der Waals surface area contributed by atoms with E-state index in [-0.39, 0.29) is 12.1 Å². The number of carbonyl (C=O) groups excluding carboxylic acids is 1. The molecule has 1 saturated heterocycles. The predicted octanol–water partition coefficient (Wildman–Crippen LogP) is 4.99. The standard InChI is InChI=1S/C21H25NO2/c1-5-11-18(7-3)17(4)22-16-15-21(14-6-2,24-20(22)23)19-12-9-8-10-13-19/h5-13,17H,1-3,14-16H2,4H3. The van der Waals surface area contributed by atoms with Gasteiger partial charge in [0.2, 0.25) is 0 Å². The molecule has 1 fully saturated rings. The third kappa shape index (κ3) is 3.51. The number of benzene rings is 1. The number of allylic oxidation sites excluding steroid dienone is 2. The minimum Gasteiger partial charge on any atom is -0.437 e. The van der Waals surface area contributed by atoms with Crippen LogP contribution < -0.4 is 0 Å². The molecule has 0 aromatic heterocycles. The first-order chi connectivity index (χ1) is 11.6. The van der Waals surface area contributed by atoms with Crippen LogP contribution in [0.5, 0.6) is 0 Å². The lowest BCUT2D eigenvalue weighted by atomic mass is 9.85. The van der Waals surface area contributed by atoms with Crippen LogP contribution in [0.3, 0.4) is 0 Å². The number of amides is 1. The molecule has 2 rings (SSSR count). The summed E-state index contributed by atoms with van der Waals surface area (Å²) < 4.78 is 5.94. The molecule has 2 unspecified atom stereocenters. The molecule has 3 heteroatoms. The van der Waals surface area contributed by atoms with E-state index in [1.165, 1.54) is 0 Å². The summed E-state index contributed by atoms with van der Waals surface area (Å²) in [5.74, 6) is 0. The maximum atomic E-state index is 12.7. The van der Waals surface area contributed by atoms with Crippen molar-refractivity contribution >= 4 is 6.09 Å². The molecule has 1 amide bonds. The summed E-state index contributed by atoms with van der Waals surface area (Å²) >= 11 is 0. The molecule has 1 aromatic carbocycles. The van der Waals surface area contributed by atoms with Crippen molar-refractivity contribution in [3.05, 3.63) is 85.5 Å². The molecule has 24 heavy (non-hydrogen) atoms. The highest BCUT2D eigenvalue weighted by Crippen LogP contribution is 2.38. The Morgan fingerprint density at radius 1 is 1.33 bits per heavy atom. The molecule has 1 aliphatic rings. The molecule has 3 nitrogen and oxygen atoms in total. The fourth-order valence-electron chi connectivity index (χ4n) is 3.15. The Labute approximate surface area is 144 Å². The molecule has 1 aliphatic heterocycles. The average Bonchev–Trinajstić information content (AvgIpc) is 2.60. The maximum absolute atomic E-state index is 12.7. The van der Waals surface area contributed by atoms with Crippen LogP contribution in [0, 0.1) is 0 Å². The number of hydrogen-bond donors (Lipinski definition) is 0. The third-order valence-corrected chi connectivity index (χ3v) is 4.54. The van der Waals surface area contributed by atoms with Crippen LogP contribution in [0.15, 0.2) is 79.9 Å². The van der Waals surface area contributed by atoms with Crippen molar-refractivity contribution in [2.45, 2.75) is 31.4 Å². The fourth-order valence-corrected chi connectivity index (χ4v) is 3.15. The largest absolute Gasteiger partial charge is 0.437 e. The number of ether oxygens (including phenoxy) is 1. The lowest BCUT2D eigenvalue weighted by Crippen LogP contribution is -2.51. The smallest absolute Gasteiger partial charge is 0.411 e. The van der Waals surface area contributed by atoms with Gasteiger partial charge in [-0.15, -0.1) is 6.58 Å². The van der Waals surface area contributed by atoms with E-state index in [0.717, 1.165) is 17.6 Å². The van der Waals surface area contributed by atoms with Crippen molar-refractivity contribution in [2.24, 2.45) is 0 Å². The van der Waals surface area contributed by atoms with E-state index < -0.39 is 5.60 Å². The number of carbonyl (C=O) groups is 1. The molecular weight excluding hydrogens is 298 g/mol. The van der Waals surface area contributed by atoms with Crippen molar-refractivity contribution in [1.82, 2.24) is 4.90 Å². The van der Waals surface area contributed by atoms with Crippen molar-refractivity contribution < 1.29 is 9.53 Å². The van der Waals surface area contributed by atoms with Crippen molar-refractivity contribution in [2.75, 3.05) is 6.54 Å². The summed E-state index contributed by atoms with van der Waals surface area (Å²) in [6.45, 7) is 14.0. The zero-order valence-electron chi connectivity index (χ0n) is 14.3. The Morgan fingerprint density at radius 2 is 2.04 bits per heavy atom. The SMILES string of the molecule is C=CC=C(C=C)C(C)N1CCC(CC=C)(c2ccccc2)OC1=O. The van der Waals surface area contributed by atoms with Crippen LogP contribution in [-0.4, -0.2) is 23.6 Å². The molecule has 1 aromatic rings. The Hall–Kier alpha value is -2.55. The van der Waals surface area contributed by atoms with E-state index in [1.54, 1.807) is 17.1 Å². The van der Waals surface area contributed by atoms with Crippen LogP contribution in [0.2, 0.25) is 0 Å². The molecule has 0 spiro atoms. The lowest BCUT2D eigenvalue weighted by Gasteiger charge is -2.43. The van der Waals surface area contributed by atoms with Crippen LogP contribution in [0.4, 0.5) is 4.79 Å². The van der Waals surface area contributed by atoms with Gasteiger partial charge in [-0.3, -0.25) is 0 Å². The van der Waals surface area contributed by atoms with Gasteiger partial charge in [-0.1, -0.05) is 67.8 Å². The van der Waals surface area contributed by atoms with Gasteiger partial charge in [0, 0.05) is 19.4 Å². The molecule has 0 aliphatic carbocycles. The van der Waals surface area contributed by atoms with E-state index in [2.05, 4.69) is 19.7 Å². The van der Waals surface area contributed by atoms with Gasteiger partial charge in [0.15, 0.2) is 0 Å². The Bertz CT molecular complexity index is 647. The van der Waals surface area contributed by atoms with Crippen molar-refractivity contribution in [3.63, 3.8) is 0 Å². The number of cyclic esters (lactones) is 1. The molecule has 0 bridgehead atoms. The van der Waals surface area contributed by atoms with Gasteiger partial charge in [-0.25, -0.2) is 4.79 Å². The van der Waals surface area contributed by atoms with Gasteiger partial charge >= 0.3 is 6.09 Å². The van der Waals surface area contributed by atoms with E-state index in [4.69, 9.17) is 4.74 Å². The van der Waals surface area contributed by atoms with Gasteiger partial charge in [0.05, 0.1) is 6.04 Å². The molecule has 2 atom stereocenters. The Kier molecular flexibility index (Phi) is 5.80. The second kappa shape index (κ2) is 7.82. The van der Waals surface area contributed by atoms with E-state index in [9.17, 15) is 4.79 Å². The zero-order chi connectivity index (χ0) is 17.6. The molecule has 0 N–H and O–H groups in total. The highest BCUT2D eigenvalue weighted by Gasteiger charge is 2.42. The molecule has 0 saturated carbocycles.